The average Bonchev–Trinajstić information content (AvgIpc) is 2.75. The van der Waals surface area contributed by atoms with E-state index in [4.69, 9.17) is 9.84 Å². The number of ether oxygens (including phenoxy) is 1. The zero-order valence-electron chi connectivity index (χ0n) is 15.1. The van der Waals surface area contributed by atoms with Crippen molar-refractivity contribution in [2.45, 2.75) is 0 Å². The first-order valence-electron chi connectivity index (χ1n) is 8.97. The number of hydrogen-bond acceptors (Lipinski definition) is 2. The maximum atomic E-state index is 11.1. The lowest BCUT2D eigenvalue weighted by Crippen LogP contribution is -1.96. The van der Waals surface area contributed by atoms with Gasteiger partial charge in [0.15, 0.2) is 0 Å². The third kappa shape index (κ3) is 3.64. The van der Waals surface area contributed by atoms with Crippen molar-refractivity contribution in [2.75, 3.05) is 0 Å². The molecule has 0 amide bonds. The molecule has 136 valence electrons. The highest BCUT2D eigenvalue weighted by Crippen LogP contribution is 2.41. The van der Waals surface area contributed by atoms with Crippen LogP contribution >= 0.6 is 0 Å². The Morgan fingerprint density at radius 1 is 0.607 bits per heavy atom. The largest absolute Gasteiger partial charge is 0.478 e. The van der Waals surface area contributed by atoms with Crippen LogP contribution in [0, 0.1) is 0 Å². The van der Waals surface area contributed by atoms with Crippen molar-refractivity contribution in [3.05, 3.63) is 109 Å². The van der Waals surface area contributed by atoms with Crippen molar-refractivity contribution >= 4 is 5.97 Å². The SMILES string of the molecule is O=C(O)c1ccc(Oc2c(-c3ccccc3)cccc2-c2ccccc2)cc1. The summed E-state index contributed by atoms with van der Waals surface area (Å²) in [5.41, 5.74) is 4.29. The monoisotopic (exact) mass is 366 g/mol. The van der Waals surface area contributed by atoms with Crippen molar-refractivity contribution in [1.82, 2.24) is 0 Å². The molecule has 4 aromatic carbocycles. The molecule has 0 saturated carbocycles. The van der Waals surface area contributed by atoms with Crippen LogP contribution in [0.25, 0.3) is 22.3 Å². The zero-order valence-corrected chi connectivity index (χ0v) is 15.1. The summed E-state index contributed by atoms with van der Waals surface area (Å²) < 4.78 is 6.29. The third-order valence-corrected chi connectivity index (χ3v) is 4.51. The summed E-state index contributed by atoms with van der Waals surface area (Å²) in [5, 5.41) is 9.11. The quantitative estimate of drug-likeness (QED) is 0.438. The van der Waals surface area contributed by atoms with Crippen LogP contribution in [-0.2, 0) is 0 Å². The number of para-hydroxylation sites is 1. The molecule has 0 atom stereocenters. The Hall–Kier alpha value is -3.85. The minimum absolute atomic E-state index is 0.229. The van der Waals surface area contributed by atoms with Gasteiger partial charge >= 0.3 is 5.97 Å². The van der Waals surface area contributed by atoms with Gasteiger partial charge in [-0.2, -0.15) is 0 Å². The number of benzene rings is 4. The van der Waals surface area contributed by atoms with Gasteiger partial charge in [-0.1, -0.05) is 78.9 Å². The van der Waals surface area contributed by atoms with Crippen molar-refractivity contribution in [1.29, 1.82) is 0 Å². The molecule has 0 aliphatic heterocycles. The van der Waals surface area contributed by atoms with Crippen LogP contribution in [0.3, 0.4) is 0 Å². The van der Waals surface area contributed by atoms with Crippen LogP contribution in [0.2, 0.25) is 0 Å². The Kier molecular flexibility index (Phi) is 4.89. The lowest BCUT2D eigenvalue weighted by molar-refractivity contribution is 0.0697. The van der Waals surface area contributed by atoms with Crippen LogP contribution in [0.1, 0.15) is 10.4 Å². The number of carbonyl (C=O) groups is 1. The number of carboxylic acid groups (broad SMARTS) is 1. The standard InChI is InChI=1S/C25H18O3/c26-25(27)20-14-16-21(17-15-20)28-24-22(18-8-3-1-4-9-18)12-7-13-23(24)19-10-5-2-6-11-19/h1-17H,(H,26,27). The molecule has 4 rings (SSSR count). The smallest absolute Gasteiger partial charge is 0.335 e. The molecular weight excluding hydrogens is 348 g/mol. The second-order valence-electron chi connectivity index (χ2n) is 6.35. The Morgan fingerprint density at radius 3 is 1.57 bits per heavy atom. The lowest BCUT2D eigenvalue weighted by atomic mass is 9.97. The highest BCUT2D eigenvalue weighted by atomic mass is 16.5. The molecule has 0 unspecified atom stereocenters. The molecule has 28 heavy (non-hydrogen) atoms. The number of aromatic carboxylic acids is 1. The van der Waals surface area contributed by atoms with Gasteiger partial charge < -0.3 is 9.84 Å². The fourth-order valence-electron chi connectivity index (χ4n) is 3.12. The van der Waals surface area contributed by atoms with E-state index in [2.05, 4.69) is 0 Å². The highest BCUT2D eigenvalue weighted by Gasteiger charge is 2.14. The molecule has 1 N–H and O–H groups in total. The van der Waals surface area contributed by atoms with E-state index >= 15 is 0 Å². The van der Waals surface area contributed by atoms with Gasteiger partial charge in [0.05, 0.1) is 5.56 Å². The molecule has 0 heterocycles. The fraction of sp³-hybridized carbons (Fsp3) is 0. The lowest BCUT2D eigenvalue weighted by Gasteiger charge is -2.16. The Labute approximate surface area is 163 Å². The fourth-order valence-corrected chi connectivity index (χ4v) is 3.12. The van der Waals surface area contributed by atoms with E-state index in [0.717, 1.165) is 28.0 Å². The van der Waals surface area contributed by atoms with Gasteiger partial charge in [-0.3, -0.25) is 0 Å². The van der Waals surface area contributed by atoms with Gasteiger partial charge in [-0.05, 0) is 35.4 Å². The number of hydrogen-bond donors (Lipinski definition) is 1. The Bertz CT molecular complexity index is 1030. The molecule has 0 fully saturated rings. The summed E-state index contributed by atoms with van der Waals surface area (Å²) >= 11 is 0. The zero-order chi connectivity index (χ0) is 19.3. The second-order valence-corrected chi connectivity index (χ2v) is 6.35. The van der Waals surface area contributed by atoms with Gasteiger partial charge in [-0.25, -0.2) is 4.79 Å². The molecule has 0 aliphatic rings. The Balaban J connectivity index is 1.84. The van der Waals surface area contributed by atoms with E-state index in [9.17, 15) is 4.79 Å². The summed E-state index contributed by atoms with van der Waals surface area (Å²) in [6.45, 7) is 0. The van der Waals surface area contributed by atoms with Crippen LogP contribution in [-0.4, -0.2) is 11.1 Å². The molecule has 3 nitrogen and oxygen atoms in total. The normalized spacial score (nSPS) is 10.4. The molecule has 4 aromatic rings. The molecule has 0 saturated heterocycles. The van der Waals surface area contributed by atoms with Gasteiger partial charge in [-0.15, -0.1) is 0 Å². The van der Waals surface area contributed by atoms with Gasteiger partial charge in [0.25, 0.3) is 0 Å². The molecule has 0 aromatic heterocycles. The van der Waals surface area contributed by atoms with Crippen molar-refractivity contribution in [3.63, 3.8) is 0 Å². The van der Waals surface area contributed by atoms with Crippen LogP contribution < -0.4 is 4.74 Å². The average molecular weight is 366 g/mol. The maximum Gasteiger partial charge on any atom is 0.335 e. The molecule has 0 bridgehead atoms. The van der Waals surface area contributed by atoms with E-state index in [1.807, 2.05) is 78.9 Å². The highest BCUT2D eigenvalue weighted by molar-refractivity contribution is 5.88. The molecule has 0 radical (unpaired) electrons. The maximum absolute atomic E-state index is 11.1. The first-order valence-corrected chi connectivity index (χ1v) is 8.97. The van der Waals surface area contributed by atoms with E-state index in [0.29, 0.717) is 5.75 Å². The number of carboxylic acids is 1. The minimum Gasteiger partial charge on any atom is -0.478 e. The van der Waals surface area contributed by atoms with E-state index in [1.165, 1.54) is 0 Å². The predicted molar refractivity (Wildman–Crippen MR) is 111 cm³/mol. The molecule has 3 heteroatoms. The van der Waals surface area contributed by atoms with Crippen molar-refractivity contribution in [2.24, 2.45) is 0 Å². The van der Waals surface area contributed by atoms with Crippen molar-refractivity contribution in [3.8, 4) is 33.8 Å². The summed E-state index contributed by atoms with van der Waals surface area (Å²) in [4.78, 5) is 11.1. The van der Waals surface area contributed by atoms with E-state index in [1.54, 1.807) is 24.3 Å². The molecule has 0 spiro atoms. The second kappa shape index (κ2) is 7.80. The van der Waals surface area contributed by atoms with Gasteiger partial charge in [0, 0.05) is 11.1 Å². The summed E-state index contributed by atoms with van der Waals surface area (Å²) in [6, 6.07) is 32.7. The minimum atomic E-state index is -0.957. The van der Waals surface area contributed by atoms with Crippen LogP contribution in [0.15, 0.2) is 103 Å². The predicted octanol–water partition coefficient (Wildman–Crippen LogP) is 6.51. The summed E-state index contributed by atoms with van der Waals surface area (Å²) in [6.07, 6.45) is 0. The van der Waals surface area contributed by atoms with E-state index < -0.39 is 5.97 Å². The molecular formula is C25H18O3. The van der Waals surface area contributed by atoms with Crippen molar-refractivity contribution < 1.29 is 14.6 Å². The Morgan fingerprint density at radius 2 is 1.11 bits per heavy atom. The summed E-state index contributed by atoms with van der Waals surface area (Å²) in [7, 11) is 0. The van der Waals surface area contributed by atoms with Gasteiger partial charge in [0.1, 0.15) is 11.5 Å². The topological polar surface area (TPSA) is 46.5 Å². The first kappa shape index (κ1) is 17.6. The molecule has 0 aliphatic carbocycles. The first-order chi connectivity index (χ1) is 13.7. The van der Waals surface area contributed by atoms with Crippen LogP contribution in [0.5, 0.6) is 11.5 Å². The summed E-state index contributed by atoms with van der Waals surface area (Å²) in [5.74, 6) is 0.370. The third-order valence-electron chi connectivity index (χ3n) is 4.51. The number of rotatable bonds is 5. The van der Waals surface area contributed by atoms with E-state index in [-0.39, 0.29) is 5.56 Å². The van der Waals surface area contributed by atoms with Gasteiger partial charge in [0.2, 0.25) is 0 Å². The van der Waals surface area contributed by atoms with Crippen LogP contribution in [0.4, 0.5) is 0 Å².